The van der Waals surface area contributed by atoms with Crippen LogP contribution >= 0.6 is 0 Å². The number of nitrogens with zero attached hydrogens (tertiary/aromatic N) is 4. The number of nitriles is 1. The van der Waals surface area contributed by atoms with Gasteiger partial charge in [-0.3, -0.25) is 0 Å². The second-order valence-corrected chi connectivity index (χ2v) is 14.0. The summed E-state index contributed by atoms with van der Waals surface area (Å²) in [5, 5.41) is 9.81. The molecule has 0 N–H and O–H groups in total. The largest absolute Gasteiger partial charge is 0.208 e. The molecule has 1 aliphatic carbocycles. The monoisotopic (exact) mass is 678 g/mol. The van der Waals surface area contributed by atoms with E-state index in [4.69, 9.17) is 15.0 Å². The highest BCUT2D eigenvalue weighted by molar-refractivity contribution is 5.87. The van der Waals surface area contributed by atoms with Crippen molar-refractivity contribution in [2.45, 2.75) is 19.3 Å². The maximum atomic E-state index is 9.81. The Balaban J connectivity index is 1.02. The molecule has 0 amide bonds. The molecule has 7 aromatic carbocycles. The van der Waals surface area contributed by atoms with Crippen molar-refractivity contribution in [3.8, 4) is 84.7 Å². The van der Waals surface area contributed by atoms with Crippen molar-refractivity contribution in [3.05, 3.63) is 187 Å². The lowest BCUT2D eigenvalue weighted by Gasteiger charge is -2.22. The first-order valence-electron chi connectivity index (χ1n) is 17.8. The number of fused-ring (bicyclic) bond motifs is 3. The van der Waals surface area contributed by atoms with Crippen LogP contribution in [0.1, 0.15) is 30.5 Å². The summed E-state index contributed by atoms with van der Waals surface area (Å²) in [7, 11) is 0. The fourth-order valence-electron chi connectivity index (χ4n) is 7.55. The number of benzene rings is 7. The van der Waals surface area contributed by atoms with E-state index < -0.39 is 0 Å². The van der Waals surface area contributed by atoms with Crippen molar-refractivity contribution in [2.75, 3.05) is 0 Å². The molecular formula is C49H34N4. The van der Waals surface area contributed by atoms with Gasteiger partial charge >= 0.3 is 0 Å². The number of hydrogen-bond acceptors (Lipinski definition) is 4. The predicted octanol–water partition coefficient (Wildman–Crippen LogP) is 12.1. The quantitative estimate of drug-likeness (QED) is 0.176. The molecule has 4 nitrogen and oxygen atoms in total. The van der Waals surface area contributed by atoms with Crippen LogP contribution in [-0.4, -0.2) is 15.0 Å². The van der Waals surface area contributed by atoms with Crippen LogP contribution < -0.4 is 0 Å². The van der Waals surface area contributed by atoms with E-state index in [1.807, 2.05) is 48.5 Å². The van der Waals surface area contributed by atoms with Gasteiger partial charge in [0.15, 0.2) is 17.5 Å². The highest BCUT2D eigenvalue weighted by Gasteiger charge is 2.37. The Morgan fingerprint density at radius 2 is 0.830 bits per heavy atom. The zero-order valence-corrected chi connectivity index (χ0v) is 29.5. The molecule has 0 spiro atoms. The molecule has 0 atom stereocenters. The van der Waals surface area contributed by atoms with Gasteiger partial charge in [-0.05, 0) is 68.3 Å². The van der Waals surface area contributed by atoms with Crippen LogP contribution in [0.3, 0.4) is 0 Å². The summed E-state index contributed by atoms with van der Waals surface area (Å²) in [6, 6.07) is 61.1. The molecule has 0 fully saturated rings. The highest BCUT2D eigenvalue weighted by atomic mass is 15.0. The van der Waals surface area contributed by atoms with Crippen LogP contribution in [0.25, 0.3) is 78.7 Å². The van der Waals surface area contributed by atoms with Crippen molar-refractivity contribution in [1.82, 2.24) is 15.0 Å². The Labute approximate surface area is 309 Å². The normalized spacial score (nSPS) is 12.5. The summed E-state index contributed by atoms with van der Waals surface area (Å²) < 4.78 is 0. The lowest BCUT2D eigenvalue weighted by molar-refractivity contribution is 0.660. The summed E-state index contributed by atoms with van der Waals surface area (Å²) in [6.07, 6.45) is 0. The first-order chi connectivity index (χ1) is 26.0. The van der Waals surface area contributed by atoms with E-state index in [2.05, 4.69) is 141 Å². The van der Waals surface area contributed by atoms with Crippen LogP contribution in [0.2, 0.25) is 0 Å². The standard InChI is InChI=1S/C49H34N4/c1-49(2)43-18-10-17-41(31-50)45(43)42-28-27-39(30-44(42)49)35-21-19-33(20-22-35)34-23-25-37(26-24-34)47-51-46(36-13-7-4-8-14-36)52-48(53-47)40-16-9-15-38(29-40)32-11-5-3-6-12-32/h3-30H,1-2H3. The van der Waals surface area contributed by atoms with Crippen molar-refractivity contribution in [2.24, 2.45) is 0 Å². The van der Waals surface area contributed by atoms with Gasteiger partial charge in [0.2, 0.25) is 0 Å². The first kappa shape index (κ1) is 32.0. The molecule has 1 heterocycles. The summed E-state index contributed by atoms with van der Waals surface area (Å²) in [5.41, 5.74) is 14.9. The van der Waals surface area contributed by atoms with E-state index >= 15 is 0 Å². The van der Waals surface area contributed by atoms with Crippen molar-refractivity contribution in [1.29, 1.82) is 5.26 Å². The maximum absolute atomic E-state index is 9.81. The van der Waals surface area contributed by atoms with Gasteiger partial charge in [-0.25, -0.2) is 15.0 Å². The zero-order valence-electron chi connectivity index (χ0n) is 29.5. The lowest BCUT2D eigenvalue weighted by Crippen LogP contribution is -2.15. The molecule has 1 aromatic heterocycles. The first-order valence-corrected chi connectivity index (χ1v) is 17.8. The van der Waals surface area contributed by atoms with Gasteiger partial charge in [-0.15, -0.1) is 0 Å². The van der Waals surface area contributed by atoms with Gasteiger partial charge in [0.05, 0.1) is 11.6 Å². The van der Waals surface area contributed by atoms with Crippen LogP contribution in [0.15, 0.2) is 170 Å². The van der Waals surface area contributed by atoms with Crippen molar-refractivity contribution >= 4 is 0 Å². The smallest absolute Gasteiger partial charge is 0.164 e. The molecule has 0 aliphatic heterocycles. The van der Waals surface area contributed by atoms with E-state index in [1.165, 1.54) is 16.7 Å². The Hall–Kier alpha value is -6.96. The Bertz CT molecular complexity index is 2670. The molecule has 0 unspecified atom stereocenters. The van der Waals surface area contributed by atoms with Gasteiger partial charge in [-0.1, -0.05) is 166 Å². The maximum Gasteiger partial charge on any atom is 0.164 e. The summed E-state index contributed by atoms with van der Waals surface area (Å²) in [5.74, 6) is 1.90. The van der Waals surface area contributed by atoms with Crippen molar-refractivity contribution < 1.29 is 0 Å². The zero-order chi connectivity index (χ0) is 35.9. The second-order valence-electron chi connectivity index (χ2n) is 14.0. The van der Waals surface area contributed by atoms with Crippen LogP contribution in [-0.2, 0) is 5.41 Å². The molecule has 1 aliphatic rings. The topological polar surface area (TPSA) is 62.5 Å². The van der Waals surface area contributed by atoms with Crippen molar-refractivity contribution in [3.63, 3.8) is 0 Å². The van der Waals surface area contributed by atoms with Gasteiger partial charge in [0, 0.05) is 27.7 Å². The number of aromatic nitrogens is 3. The Morgan fingerprint density at radius 3 is 1.45 bits per heavy atom. The second kappa shape index (κ2) is 13.0. The minimum absolute atomic E-state index is 0.178. The fraction of sp³-hybridized carbons (Fsp3) is 0.0612. The Morgan fingerprint density at radius 1 is 0.396 bits per heavy atom. The van der Waals surface area contributed by atoms with Gasteiger partial charge in [-0.2, -0.15) is 5.26 Å². The van der Waals surface area contributed by atoms with Gasteiger partial charge in [0.1, 0.15) is 0 Å². The van der Waals surface area contributed by atoms with Crippen LogP contribution in [0.4, 0.5) is 0 Å². The van der Waals surface area contributed by atoms with E-state index in [9.17, 15) is 5.26 Å². The molecule has 4 heteroatoms. The van der Waals surface area contributed by atoms with Crippen LogP contribution in [0, 0.1) is 11.3 Å². The molecule has 9 rings (SSSR count). The third-order valence-electron chi connectivity index (χ3n) is 10.4. The molecule has 250 valence electrons. The molecule has 0 radical (unpaired) electrons. The minimum Gasteiger partial charge on any atom is -0.208 e. The third-order valence-corrected chi connectivity index (χ3v) is 10.4. The van der Waals surface area contributed by atoms with Gasteiger partial charge < -0.3 is 0 Å². The summed E-state index contributed by atoms with van der Waals surface area (Å²) in [6.45, 7) is 4.50. The SMILES string of the molecule is CC1(C)c2cc(-c3ccc(-c4ccc(-c5nc(-c6ccccc6)nc(-c6cccc(-c7ccccc7)c6)n5)cc4)cc3)ccc2-c2c(C#N)cccc21. The minimum atomic E-state index is -0.178. The van der Waals surface area contributed by atoms with E-state index in [1.54, 1.807) is 0 Å². The predicted molar refractivity (Wildman–Crippen MR) is 215 cm³/mol. The fourth-order valence-corrected chi connectivity index (χ4v) is 7.55. The van der Waals surface area contributed by atoms with E-state index in [0.29, 0.717) is 17.5 Å². The molecule has 0 saturated heterocycles. The third kappa shape index (κ3) is 5.79. The lowest BCUT2D eigenvalue weighted by atomic mass is 9.81. The number of hydrogen-bond donors (Lipinski definition) is 0. The van der Waals surface area contributed by atoms with E-state index in [-0.39, 0.29) is 5.41 Å². The summed E-state index contributed by atoms with van der Waals surface area (Å²) in [4.78, 5) is 14.9. The molecule has 0 bridgehead atoms. The summed E-state index contributed by atoms with van der Waals surface area (Å²) >= 11 is 0. The molecule has 53 heavy (non-hydrogen) atoms. The molecule has 8 aromatic rings. The average molecular weight is 679 g/mol. The molecular weight excluding hydrogens is 645 g/mol. The van der Waals surface area contributed by atoms with Gasteiger partial charge in [0.25, 0.3) is 0 Å². The highest BCUT2D eigenvalue weighted by Crippen LogP contribution is 2.50. The van der Waals surface area contributed by atoms with E-state index in [0.717, 1.165) is 61.2 Å². The average Bonchev–Trinajstić information content (AvgIpc) is 3.47. The van der Waals surface area contributed by atoms with Crippen LogP contribution in [0.5, 0.6) is 0 Å². The number of rotatable bonds is 6. The Kier molecular flexibility index (Phi) is 7.83. The molecule has 0 saturated carbocycles.